The quantitative estimate of drug-likeness (QED) is 0.923. The molecule has 0 amide bonds. The first kappa shape index (κ1) is 14.8. The minimum absolute atomic E-state index is 0.128. The minimum atomic E-state index is 0.128. The standard InChI is InChI=1S/C17H25N3/c1-6-18-16(15-11-12-19-20(15)5)13-9-7-8-10-14(13)17(2,3)4/h7-12,16,18H,6H2,1-5H3. The molecule has 1 unspecified atom stereocenters. The number of aryl methyl sites for hydroxylation is 1. The molecule has 0 bridgehead atoms. The highest BCUT2D eigenvalue weighted by Gasteiger charge is 2.24. The topological polar surface area (TPSA) is 29.9 Å². The molecule has 20 heavy (non-hydrogen) atoms. The molecular weight excluding hydrogens is 246 g/mol. The summed E-state index contributed by atoms with van der Waals surface area (Å²) in [6.45, 7) is 9.85. The van der Waals surface area contributed by atoms with Crippen LogP contribution >= 0.6 is 0 Å². The lowest BCUT2D eigenvalue weighted by Crippen LogP contribution is -2.27. The maximum Gasteiger partial charge on any atom is 0.0750 e. The largest absolute Gasteiger partial charge is 0.305 e. The monoisotopic (exact) mass is 271 g/mol. The predicted octanol–water partition coefficient (Wildman–Crippen LogP) is 3.42. The Balaban J connectivity index is 2.54. The number of nitrogens with zero attached hydrogens (tertiary/aromatic N) is 2. The van der Waals surface area contributed by atoms with Crippen molar-refractivity contribution in [2.75, 3.05) is 6.54 Å². The van der Waals surface area contributed by atoms with Crippen LogP contribution in [0.3, 0.4) is 0 Å². The van der Waals surface area contributed by atoms with E-state index < -0.39 is 0 Å². The van der Waals surface area contributed by atoms with E-state index in [-0.39, 0.29) is 11.5 Å². The second kappa shape index (κ2) is 5.80. The highest BCUT2D eigenvalue weighted by Crippen LogP contribution is 2.32. The Kier molecular flexibility index (Phi) is 4.29. The molecule has 1 N–H and O–H groups in total. The highest BCUT2D eigenvalue weighted by atomic mass is 15.3. The molecule has 108 valence electrons. The molecule has 2 rings (SSSR count). The average molecular weight is 271 g/mol. The van der Waals surface area contributed by atoms with Crippen LogP contribution in [0.4, 0.5) is 0 Å². The second-order valence-electron chi connectivity index (χ2n) is 6.21. The molecule has 0 saturated carbocycles. The van der Waals surface area contributed by atoms with Crippen molar-refractivity contribution in [1.82, 2.24) is 15.1 Å². The minimum Gasteiger partial charge on any atom is -0.305 e. The van der Waals surface area contributed by atoms with E-state index in [1.807, 2.05) is 17.9 Å². The van der Waals surface area contributed by atoms with Crippen LogP contribution in [0.5, 0.6) is 0 Å². The van der Waals surface area contributed by atoms with E-state index in [4.69, 9.17) is 0 Å². The van der Waals surface area contributed by atoms with Crippen molar-refractivity contribution in [1.29, 1.82) is 0 Å². The SMILES string of the molecule is CCNC(c1ccccc1C(C)(C)C)c1ccnn1C. The van der Waals surface area contributed by atoms with Crippen LogP contribution in [0, 0.1) is 0 Å². The molecule has 0 aliphatic carbocycles. The van der Waals surface area contributed by atoms with Gasteiger partial charge >= 0.3 is 0 Å². The lowest BCUT2D eigenvalue weighted by atomic mass is 9.81. The van der Waals surface area contributed by atoms with Gasteiger partial charge < -0.3 is 5.32 Å². The van der Waals surface area contributed by atoms with E-state index in [1.54, 1.807) is 0 Å². The predicted molar refractivity (Wildman–Crippen MR) is 83.9 cm³/mol. The van der Waals surface area contributed by atoms with Crippen molar-refractivity contribution in [3.63, 3.8) is 0 Å². The Morgan fingerprint density at radius 1 is 1.20 bits per heavy atom. The summed E-state index contributed by atoms with van der Waals surface area (Å²) in [7, 11) is 2.00. The first-order chi connectivity index (χ1) is 9.45. The van der Waals surface area contributed by atoms with Gasteiger partial charge in [0.1, 0.15) is 0 Å². The van der Waals surface area contributed by atoms with Gasteiger partial charge in [0.2, 0.25) is 0 Å². The van der Waals surface area contributed by atoms with Crippen LogP contribution in [0.1, 0.15) is 50.6 Å². The van der Waals surface area contributed by atoms with Crippen LogP contribution < -0.4 is 5.32 Å². The molecule has 1 aromatic carbocycles. The third-order valence-electron chi connectivity index (χ3n) is 3.64. The zero-order chi connectivity index (χ0) is 14.8. The Bertz CT molecular complexity index is 564. The van der Waals surface area contributed by atoms with E-state index in [1.165, 1.54) is 16.8 Å². The van der Waals surface area contributed by atoms with E-state index >= 15 is 0 Å². The maximum absolute atomic E-state index is 4.31. The number of aromatic nitrogens is 2. The first-order valence-corrected chi connectivity index (χ1v) is 7.26. The molecule has 0 aliphatic rings. The van der Waals surface area contributed by atoms with Crippen molar-refractivity contribution in [3.8, 4) is 0 Å². The van der Waals surface area contributed by atoms with E-state index in [2.05, 4.69) is 68.4 Å². The fourth-order valence-corrected chi connectivity index (χ4v) is 2.68. The number of rotatable bonds is 4. The number of nitrogens with one attached hydrogen (secondary N) is 1. The molecule has 0 fully saturated rings. The lowest BCUT2D eigenvalue weighted by molar-refractivity contribution is 0.536. The third kappa shape index (κ3) is 2.93. The fraction of sp³-hybridized carbons (Fsp3) is 0.471. The van der Waals surface area contributed by atoms with Gasteiger partial charge in [-0.2, -0.15) is 5.10 Å². The third-order valence-corrected chi connectivity index (χ3v) is 3.64. The molecule has 1 aromatic heterocycles. The van der Waals surface area contributed by atoms with Crippen LogP contribution in [0.15, 0.2) is 36.5 Å². The zero-order valence-electron chi connectivity index (χ0n) is 13.1. The summed E-state index contributed by atoms with van der Waals surface area (Å²) in [6, 6.07) is 11.0. The molecule has 0 saturated heterocycles. The molecule has 1 atom stereocenters. The van der Waals surface area contributed by atoms with Gasteiger partial charge in [-0.25, -0.2) is 0 Å². The van der Waals surface area contributed by atoms with Gasteiger partial charge in [0.25, 0.3) is 0 Å². The van der Waals surface area contributed by atoms with Gasteiger partial charge in [-0.1, -0.05) is 52.0 Å². The van der Waals surface area contributed by atoms with Crippen molar-refractivity contribution >= 4 is 0 Å². The van der Waals surface area contributed by atoms with Gasteiger partial charge in [-0.15, -0.1) is 0 Å². The summed E-state index contributed by atoms with van der Waals surface area (Å²) in [5, 5.41) is 7.91. The average Bonchev–Trinajstić information content (AvgIpc) is 2.81. The molecule has 1 heterocycles. The molecular formula is C17H25N3. The molecule has 3 heteroatoms. The van der Waals surface area contributed by atoms with Crippen molar-refractivity contribution in [2.24, 2.45) is 7.05 Å². The van der Waals surface area contributed by atoms with Gasteiger partial charge in [-0.3, -0.25) is 4.68 Å². The summed E-state index contributed by atoms with van der Waals surface area (Å²) in [6.07, 6.45) is 1.86. The van der Waals surface area contributed by atoms with E-state index in [0.717, 1.165) is 6.54 Å². The Morgan fingerprint density at radius 2 is 1.90 bits per heavy atom. The second-order valence-corrected chi connectivity index (χ2v) is 6.21. The summed E-state index contributed by atoms with van der Waals surface area (Å²) in [5.41, 5.74) is 4.05. The van der Waals surface area contributed by atoms with Crippen molar-refractivity contribution in [3.05, 3.63) is 53.3 Å². The number of hydrogen-bond acceptors (Lipinski definition) is 2. The number of benzene rings is 1. The van der Waals surface area contributed by atoms with E-state index in [9.17, 15) is 0 Å². The summed E-state index contributed by atoms with van der Waals surface area (Å²) in [4.78, 5) is 0. The van der Waals surface area contributed by atoms with Crippen LogP contribution in [0.25, 0.3) is 0 Å². The van der Waals surface area contributed by atoms with Crippen LogP contribution in [-0.4, -0.2) is 16.3 Å². The van der Waals surface area contributed by atoms with E-state index in [0.29, 0.717) is 0 Å². The zero-order valence-corrected chi connectivity index (χ0v) is 13.1. The molecule has 3 nitrogen and oxygen atoms in total. The maximum atomic E-state index is 4.31. The van der Waals surface area contributed by atoms with Gasteiger partial charge in [0.15, 0.2) is 0 Å². The van der Waals surface area contributed by atoms with Crippen molar-refractivity contribution in [2.45, 2.75) is 39.2 Å². The van der Waals surface area contributed by atoms with Gasteiger partial charge in [0.05, 0.1) is 11.7 Å². The summed E-state index contributed by atoms with van der Waals surface area (Å²) >= 11 is 0. The molecule has 0 spiro atoms. The lowest BCUT2D eigenvalue weighted by Gasteiger charge is -2.28. The first-order valence-electron chi connectivity index (χ1n) is 7.26. The molecule has 2 aromatic rings. The van der Waals surface area contributed by atoms with Crippen LogP contribution in [-0.2, 0) is 12.5 Å². The Morgan fingerprint density at radius 3 is 2.45 bits per heavy atom. The fourth-order valence-electron chi connectivity index (χ4n) is 2.68. The Labute approximate surface area is 122 Å². The van der Waals surface area contributed by atoms with Gasteiger partial charge in [0, 0.05) is 13.2 Å². The van der Waals surface area contributed by atoms with Crippen molar-refractivity contribution < 1.29 is 0 Å². The summed E-state index contributed by atoms with van der Waals surface area (Å²) < 4.78 is 1.95. The number of hydrogen-bond donors (Lipinski definition) is 1. The Hall–Kier alpha value is -1.61. The normalized spacial score (nSPS) is 13.4. The molecule has 0 aliphatic heterocycles. The van der Waals surface area contributed by atoms with Crippen LogP contribution in [0.2, 0.25) is 0 Å². The highest BCUT2D eigenvalue weighted by molar-refractivity contribution is 5.39. The smallest absolute Gasteiger partial charge is 0.0750 e. The molecule has 0 radical (unpaired) electrons. The summed E-state index contributed by atoms with van der Waals surface area (Å²) in [5.74, 6) is 0. The van der Waals surface area contributed by atoms with Gasteiger partial charge in [-0.05, 0) is 29.2 Å².